The standard InChI is InChI=1S/C7H8ClN.ClH/c1-6(8)7-3-2-4-9-5-7;/h2-6H,1H3;1H. The van der Waals surface area contributed by atoms with E-state index in [2.05, 4.69) is 4.98 Å². The molecule has 56 valence electrons. The maximum Gasteiger partial charge on any atom is 0.0572 e. The van der Waals surface area contributed by atoms with E-state index < -0.39 is 0 Å². The van der Waals surface area contributed by atoms with Crippen LogP contribution in [0.4, 0.5) is 0 Å². The molecule has 0 spiro atoms. The molecular weight excluding hydrogens is 169 g/mol. The second kappa shape index (κ2) is 4.53. The molecule has 3 heteroatoms. The zero-order chi connectivity index (χ0) is 6.69. The van der Waals surface area contributed by atoms with Gasteiger partial charge in [-0.3, -0.25) is 4.98 Å². The van der Waals surface area contributed by atoms with Crippen molar-refractivity contribution in [3.05, 3.63) is 30.1 Å². The summed E-state index contributed by atoms with van der Waals surface area (Å²) in [7, 11) is 0. The van der Waals surface area contributed by atoms with Crippen molar-refractivity contribution in [1.29, 1.82) is 0 Å². The van der Waals surface area contributed by atoms with Gasteiger partial charge in [0.2, 0.25) is 0 Å². The molecule has 0 amide bonds. The van der Waals surface area contributed by atoms with Crippen molar-refractivity contribution in [2.75, 3.05) is 0 Å². The highest BCUT2D eigenvalue weighted by molar-refractivity contribution is 6.20. The first-order chi connectivity index (χ1) is 4.30. The van der Waals surface area contributed by atoms with E-state index in [1.165, 1.54) is 0 Å². The number of hydrogen-bond donors (Lipinski definition) is 0. The fourth-order valence-corrected chi connectivity index (χ4v) is 0.740. The third kappa shape index (κ3) is 2.54. The summed E-state index contributed by atoms with van der Waals surface area (Å²) in [4.78, 5) is 3.92. The summed E-state index contributed by atoms with van der Waals surface area (Å²) in [6, 6.07) is 3.85. The predicted octanol–water partition coefficient (Wildman–Crippen LogP) is 2.80. The molecule has 0 radical (unpaired) electrons. The average molecular weight is 178 g/mol. The lowest BCUT2D eigenvalue weighted by Gasteiger charge is -1.98. The van der Waals surface area contributed by atoms with Gasteiger partial charge in [0.05, 0.1) is 5.38 Å². The quantitative estimate of drug-likeness (QED) is 0.602. The van der Waals surface area contributed by atoms with E-state index in [1.807, 2.05) is 19.1 Å². The molecule has 0 saturated carbocycles. The Hall–Kier alpha value is -0.270. The molecule has 1 unspecified atom stereocenters. The molecule has 0 saturated heterocycles. The molecule has 0 aliphatic rings. The normalized spacial score (nSPS) is 11.8. The molecule has 0 N–H and O–H groups in total. The Morgan fingerprint density at radius 1 is 1.60 bits per heavy atom. The maximum absolute atomic E-state index is 5.76. The van der Waals surface area contributed by atoms with Crippen LogP contribution in [0.2, 0.25) is 0 Å². The van der Waals surface area contributed by atoms with Gasteiger partial charge in [-0.1, -0.05) is 6.07 Å². The lowest BCUT2D eigenvalue weighted by Crippen LogP contribution is -1.82. The van der Waals surface area contributed by atoms with Gasteiger partial charge >= 0.3 is 0 Å². The van der Waals surface area contributed by atoms with Crippen LogP contribution in [0.25, 0.3) is 0 Å². The summed E-state index contributed by atoms with van der Waals surface area (Å²) in [6.07, 6.45) is 3.51. The Balaban J connectivity index is 0.000000810. The highest BCUT2D eigenvalue weighted by Crippen LogP contribution is 2.16. The number of halogens is 2. The first kappa shape index (κ1) is 9.73. The largest absolute Gasteiger partial charge is 0.264 e. The van der Waals surface area contributed by atoms with E-state index in [4.69, 9.17) is 11.6 Å². The zero-order valence-corrected chi connectivity index (χ0v) is 7.19. The Morgan fingerprint density at radius 2 is 2.30 bits per heavy atom. The summed E-state index contributed by atoms with van der Waals surface area (Å²) in [5, 5.41) is 0.0682. The van der Waals surface area contributed by atoms with Crippen LogP contribution in [0.15, 0.2) is 24.5 Å². The van der Waals surface area contributed by atoms with Gasteiger partial charge in [0, 0.05) is 12.4 Å². The van der Waals surface area contributed by atoms with Crippen LogP contribution in [-0.2, 0) is 0 Å². The Morgan fingerprint density at radius 3 is 2.60 bits per heavy atom. The third-order valence-corrected chi connectivity index (χ3v) is 1.40. The van der Waals surface area contributed by atoms with Crippen LogP contribution in [-0.4, -0.2) is 4.98 Å². The third-order valence-electron chi connectivity index (χ3n) is 1.14. The molecule has 1 heterocycles. The van der Waals surface area contributed by atoms with E-state index in [1.54, 1.807) is 12.4 Å². The molecule has 0 aliphatic carbocycles. The molecule has 0 fully saturated rings. The number of hydrogen-bond acceptors (Lipinski definition) is 1. The number of pyridine rings is 1. The Labute approximate surface area is 71.8 Å². The molecule has 1 aromatic rings. The molecule has 1 aromatic heterocycles. The van der Waals surface area contributed by atoms with Crippen LogP contribution in [0.3, 0.4) is 0 Å². The fourth-order valence-electron chi connectivity index (χ4n) is 0.611. The van der Waals surface area contributed by atoms with Crippen LogP contribution in [0.1, 0.15) is 17.9 Å². The maximum atomic E-state index is 5.76. The molecule has 0 aliphatic heterocycles. The molecule has 1 nitrogen and oxygen atoms in total. The lowest BCUT2D eigenvalue weighted by molar-refractivity contribution is 1.06. The van der Waals surface area contributed by atoms with Crippen molar-refractivity contribution in [3.8, 4) is 0 Å². The number of nitrogens with zero attached hydrogens (tertiary/aromatic N) is 1. The SMILES string of the molecule is CC(Cl)c1cccnc1.Cl. The summed E-state index contributed by atoms with van der Waals surface area (Å²) in [5.74, 6) is 0. The van der Waals surface area contributed by atoms with Crippen molar-refractivity contribution in [2.24, 2.45) is 0 Å². The van der Waals surface area contributed by atoms with E-state index in [0.717, 1.165) is 5.56 Å². The van der Waals surface area contributed by atoms with E-state index >= 15 is 0 Å². The second-order valence-corrected chi connectivity index (χ2v) is 2.56. The van der Waals surface area contributed by atoms with Crippen molar-refractivity contribution in [2.45, 2.75) is 12.3 Å². The lowest BCUT2D eigenvalue weighted by atomic mass is 10.2. The van der Waals surface area contributed by atoms with Crippen molar-refractivity contribution in [3.63, 3.8) is 0 Å². The highest BCUT2D eigenvalue weighted by atomic mass is 35.5. The molecule has 0 bridgehead atoms. The van der Waals surface area contributed by atoms with Gasteiger partial charge in [-0.15, -0.1) is 24.0 Å². The van der Waals surface area contributed by atoms with Crippen LogP contribution >= 0.6 is 24.0 Å². The van der Waals surface area contributed by atoms with Gasteiger partial charge in [0.15, 0.2) is 0 Å². The molecule has 10 heavy (non-hydrogen) atoms. The molecule has 0 aromatic carbocycles. The van der Waals surface area contributed by atoms with Gasteiger partial charge < -0.3 is 0 Å². The van der Waals surface area contributed by atoms with Gasteiger partial charge in [0.25, 0.3) is 0 Å². The van der Waals surface area contributed by atoms with Crippen molar-refractivity contribution >= 4 is 24.0 Å². The van der Waals surface area contributed by atoms with Crippen LogP contribution < -0.4 is 0 Å². The Bertz CT molecular complexity index is 174. The second-order valence-electron chi connectivity index (χ2n) is 1.90. The van der Waals surface area contributed by atoms with E-state index in [-0.39, 0.29) is 17.8 Å². The van der Waals surface area contributed by atoms with Gasteiger partial charge in [0.1, 0.15) is 0 Å². The van der Waals surface area contributed by atoms with Gasteiger partial charge in [-0.2, -0.15) is 0 Å². The van der Waals surface area contributed by atoms with Crippen molar-refractivity contribution < 1.29 is 0 Å². The van der Waals surface area contributed by atoms with Crippen LogP contribution in [0, 0.1) is 0 Å². The average Bonchev–Trinajstić information content (AvgIpc) is 1.90. The van der Waals surface area contributed by atoms with Gasteiger partial charge in [-0.05, 0) is 18.6 Å². The monoisotopic (exact) mass is 177 g/mol. The summed E-state index contributed by atoms with van der Waals surface area (Å²) < 4.78 is 0. The minimum absolute atomic E-state index is 0. The minimum atomic E-state index is 0. The number of alkyl halides is 1. The highest BCUT2D eigenvalue weighted by Gasteiger charge is 1.96. The fraction of sp³-hybridized carbons (Fsp3) is 0.286. The summed E-state index contributed by atoms with van der Waals surface area (Å²) in [6.45, 7) is 1.93. The van der Waals surface area contributed by atoms with Gasteiger partial charge in [-0.25, -0.2) is 0 Å². The van der Waals surface area contributed by atoms with Crippen LogP contribution in [0.5, 0.6) is 0 Å². The molecular formula is C7H9Cl2N. The molecule has 1 rings (SSSR count). The number of aromatic nitrogens is 1. The summed E-state index contributed by atoms with van der Waals surface area (Å²) in [5.41, 5.74) is 1.07. The smallest absolute Gasteiger partial charge is 0.0572 e. The Kier molecular flexibility index (Phi) is 4.41. The predicted molar refractivity (Wildman–Crippen MR) is 45.8 cm³/mol. The first-order valence-corrected chi connectivity index (χ1v) is 3.28. The van der Waals surface area contributed by atoms with Crippen molar-refractivity contribution in [1.82, 2.24) is 4.98 Å². The zero-order valence-electron chi connectivity index (χ0n) is 5.62. The summed E-state index contributed by atoms with van der Waals surface area (Å²) >= 11 is 5.76. The number of rotatable bonds is 1. The molecule has 1 atom stereocenters. The topological polar surface area (TPSA) is 12.9 Å². The first-order valence-electron chi connectivity index (χ1n) is 2.84. The van der Waals surface area contributed by atoms with E-state index in [9.17, 15) is 0 Å². The van der Waals surface area contributed by atoms with E-state index in [0.29, 0.717) is 0 Å². The minimum Gasteiger partial charge on any atom is -0.264 e.